The molecule has 0 saturated carbocycles. The standard InChI is InChI=1S/C56H20/c1-2-22-6-9-26-16-30-19-32-20-31-17-27-10-7-23-3-4-24-11-13-33-34-14-12-28-18-29-15-25-8-5-21(1)35-36(22)40(26)50-44(30)53-46(32)54-45(31)51-41(27)37(23)38(24)47(33)56(51)48(34)55(54)42(28)52(53)43(29)49(50)39(25)35/h1-20H. The van der Waals surface area contributed by atoms with Crippen LogP contribution in [0.15, 0.2) is 121 Å². The molecule has 2 aliphatic carbocycles. The van der Waals surface area contributed by atoms with Crippen molar-refractivity contribution in [3.8, 4) is 11.1 Å². The van der Waals surface area contributed by atoms with Crippen LogP contribution in [0.2, 0.25) is 0 Å². The summed E-state index contributed by atoms with van der Waals surface area (Å²) >= 11 is 0. The predicted molar refractivity (Wildman–Crippen MR) is 244 cm³/mol. The Hall–Kier alpha value is -7.28. The van der Waals surface area contributed by atoms with Gasteiger partial charge in [-0.05, 0) is 231 Å². The van der Waals surface area contributed by atoms with E-state index in [0.717, 1.165) is 0 Å². The minimum Gasteiger partial charge on any atom is -0.0537 e. The van der Waals surface area contributed by atoms with Gasteiger partial charge in [0.2, 0.25) is 0 Å². The highest BCUT2D eigenvalue weighted by molar-refractivity contribution is 6.61. The lowest BCUT2D eigenvalue weighted by molar-refractivity contribution is 1.83. The van der Waals surface area contributed by atoms with E-state index in [1.54, 1.807) is 0 Å². The van der Waals surface area contributed by atoms with Crippen LogP contribution in [0.1, 0.15) is 0 Å². The highest BCUT2D eigenvalue weighted by atomic mass is 14.4. The second-order valence-electron chi connectivity index (χ2n) is 17.7. The lowest BCUT2D eigenvalue weighted by Crippen LogP contribution is -1.99. The summed E-state index contributed by atoms with van der Waals surface area (Å²) in [6.45, 7) is 0. The van der Waals surface area contributed by atoms with Gasteiger partial charge >= 0.3 is 0 Å². The molecule has 0 spiro atoms. The summed E-state index contributed by atoms with van der Waals surface area (Å²) in [4.78, 5) is 0. The van der Waals surface area contributed by atoms with Gasteiger partial charge in [0.15, 0.2) is 0 Å². The van der Waals surface area contributed by atoms with Crippen molar-refractivity contribution in [2.75, 3.05) is 0 Å². The van der Waals surface area contributed by atoms with Gasteiger partial charge < -0.3 is 0 Å². The fourth-order valence-electron chi connectivity index (χ4n) is 14.1. The van der Waals surface area contributed by atoms with Crippen LogP contribution in [0.5, 0.6) is 0 Å². The monoisotopic (exact) mass is 692 g/mol. The summed E-state index contributed by atoms with van der Waals surface area (Å²) in [7, 11) is 0. The number of fused-ring (bicyclic) bond motifs is 1. The average Bonchev–Trinajstić information content (AvgIpc) is 3.47. The molecule has 17 aromatic rings. The molecule has 0 nitrogen and oxygen atoms in total. The van der Waals surface area contributed by atoms with Crippen molar-refractivity contribution in [2.45, 2.75) is 0 Å². The molecule has 0 bridgehead atoms. The van der Waals surface area contributed by atoms with E-state index < -0.39 is 0 Å². The van der Waals surface area contributed by atoms with Crippen molar-refractivity contribution in [1.82, 2.24) is 0 Å². The Bertz CT molecular complexity index is 4870. The summed E-state index contributed by atoms with van der Waals surface area (Å²) in [6.07, 6.45) is 0. The highest BCUT2D eigenvalue weighted by Crippen LogP contribution is 2.63. The number of hydrogen-bond acceptors (Lipinski definition) is 0. The van der Waals surface area contributed by atoms with Crippen molar-refractivity contribution in [3.05, 3.63) is 121 Å². The largest absolute Gasteiger partial charge is 0.0537 e. The molecule has 0 unspecified atom stereocenters. The Kier molecular flexibility index (Phi) is 3.18. The third kappa shape index (κ3) is 2.10. The topological polar surface area (TPSA) is 0 Å². The van der Waals surface area contributed by atoms with Crippen molar-refractivity contribution >= 4 is 183 Å². The van der Waals surface area contributed by atoms with E-state index in [1.165, 1.54) is 194 Å². The van der Waals surface area contributed by atoms with E-state index in [0.29, 0.717) is 0 Å². The van der Waals surface area contributed by atoms with Gasteiger partial charge in [-0.25, -0.2) is 0 Å². The van der Waals surface area contributed by atoms with Crippen LogP contribution in [0.3, 0.4) is 0 Å². The highest BCUT2D eigenvalue weighted by Gasteiger charge is 2.35. The SMILES string of the molecule is c1cc2cc3cc4ccc5ccc6ccc7cc8cc9cc%10cc%11ccc%12ccc%13ccc%14c1-c1c%15c%14c%13c%12c%11c%15c%10c%10c1c2c1c3c2c4c5c6c7c2c8c1c9%10. The first-order valence-electron chi connectivity index (χ1n) is 20.1. The Morgan fingerprint density at radius 2 is 0.411 bits per heavy atom. The predicted octanol–water partition coefficient (Wildman–Crippen LogP) is 16.2. The van der Waals surface area contributed by atoms with Crippen LogP contribution in [0, 0.1) is 0 Å². The average molecular weight is 693 g/mol. The molecule has 0 aromatic heterocycles. The van der Waals surface area contributed by atoms with Crippen molar-refractivity contribution in [2.24, 2.45) is 0 Å². The first-order valence-corrected chi connectivity index (χ1v) is 20.1. The van der Waals surface area contributed by atoms with Crippen LogP contribution >= 0.6 is 0 Å². The van der Waals surface area contributed by atoms with Crippen LogP contribution in [-0.4, -0.2) is 0 Å². The molecular formula is C56H20. The number of rotatable bonds is 0. The van der Waals surface area contributed by atoms with Gasteiger partial charge in [0, 0.05) is 0 Å². The quantitative estimate of drug-likeness (QED) is 0.110. The molecule has 0 heteroatoms. The van der Waals surface area contributed by atoms with E-state index in [-0.39, 0.29) is 0 Å². The fraction of sp³-hybridized carbons (Fsp3) is 0. The molecule has 0 fully saturated rings. The Balaban J connectivity index is 1.27. The zero-order valence-corrected chi connectivity index (χ0v) is 29.5. The lowest BCUT2D eigenvalue weighted by atomic mass is 9.73. The van der Waals surface area contributed by atoms with E-state index in [1.807, 2.05) is 0 Å². The van der Waals surface area contributed by atoms with Crippen LogP contribution in [-0.2, 0) is 0 Å². The van der Waals surface area contributed by atoms with Gasteiger partial charge in [0.1, 0.15) is 0 Å². The summed E-state index contributed by atoms with van der Waals surface area (Å²) in [5, 5.41) is 48.4. The molecule has 19 rings (SSSR count). The van der Waals surface area contributed by atoms with Crippen LogP contribution in [0.25, 0.3) is 194 Å². The molecule has 0 N–H and O–H groups in total. The molecule has 2 aliphatic rings. The summed E-state index contributed by atoms with van der Waals surface area (Å²) in [5.41, 5.74) is 2.87. The van der Waals surface area contributed by atoms with Gasteiger partial charge in [-0.15, -0.1) is 0 Å². The second-order valence-corrected chi connectivity index (χ2v) is 17.7. The summed E-state index contributed by atoms with van der Waals surface area (Å²) in [5.74, 6) is 0. The summed E-state index contributed by atoms with van der Waals surface area (Å²) < 4.78 is 0. The molecule has 0 aliphatic heterocycles. The van der Waals surface area contributed by atoms with E-state index in [4.69, 9.17) is 0 Å². The third-order valence-corrected chi connectivity index (χ3v) is 15.7. The van der Waals surface area contributed by atoms with Crippen molar-refractivity contribution in [1.29, 1.82) is 0 Å². The number of benzene rings is 17. The van der Waals surface area contributed by atoms with Gasteiger partial charge in [0.05, 0.1) is 0 Å². The molecule has 56 heavy (non-hydrogen) atoms. The third-order valence-electron chi connectivity index (χ3n) is 15.7. The van der Waals surface area contributed by atoms with Crippen molar-refractivity contribution < 1.29 is 0 Å². The fourth-order valence-corrected chi connectivity index (χ4v) is 14.1. The smallest absolute Gasteiger partial charge is 0.0000483 e. The molecular weight excluding hydrogens is 673 g/mol. The molecule has 0 heterocycles. The Morgan fingerprint density at radius 1 is 0.161 bits per heavy atom. The Labute approximate surface area is 314 Å². The zero-order chi connectivity index (χ0) is 34.9. The minimum absolute atomic E-state index is 1.34. The van der Waals surface area contributed by atoms with Gasteiger partial charge in [-0.1, -0.05) is 84.9 Å². The first-order chi connectivity index (χ1) is 27.8. The van der Waals surface area contributed by atoms with Crippen LogP contribution < -0.4 is 0 Å². The zero-order valence-electron chi connectivity index (χ0n) is 29.5. The van der Waals surface area contributed by atoms with Gasteiger partial charge in [-0.3, -0.25) is 0 Å². The molecule has 17 aromatic carbocycles. The van der Waals surface area contributed by atoms with E-state index in [2.05, 4.69) is 121 Å². The molecule has 0 atom stereocenters. The molecule has 0 amide bonds. The normalized spacial score (nSPS) is 14.4. The first kappa shape index (κ1) is 24.9. The second kappa shape index (κ2) is 7.15. The molecule has 0 saturated heterocycles. The Morgan fingerprint density at radius 3 is 0.839 bits per heavy atom. The van der Waals surface area contributed by atoms with Gasteiger partial charge in [-0.2, -0.15) is 0 Å². The lowest BCUT2D eigenvalue weighted by Gasteiger charge is -2.28. The maximum absolute atomic E-state index is 2.56. The maximum atomic E-state index is 2.56. The summed E-state index contributed by atoms with van der Waals surface area (Å²) in [6, 6.07) is 48.7. The van der Waals surface area contributed by atoms with E-state index >= 15 is 0 Å². The maximum Gasteiger partial charge on any atom is -0.0000483 e. The number of hydrogen-bond donors (Lipinski definition) is 0. The van der Waals surface area contributed by atoms with Crippen molar-refractivity contribution in [3.63, 3.8) is 0 Å². The van der Waals surface area contributed by atoms with Gasteiger partial charge in [0.25, 0.3) is 0 Å². The van der Waals surface area contributed by atoms with Crippen LogP contribution in [0.4, 0.5) is 0 Å². The molecule has 0 radical (unpaired) electrons. The molecule has 244 valence electrons. The minimum atomic E-state index is 1.34. The van der Waals surface area contributed by atoms with E-state index in [9.17, 15) is 0 Å².